The van der Waals surface area contributed by atoms with Crippen molar-refractivity contribution in [1.29, 1.82) is 0 Å². The molecule has 0 amide bonds. The van der Waals surface area contributed by atoms with E-state index in [4.69, 9.17) is 0 Å². The van der Waals surface area contributed by atoms with E-state index in [-0.39, 0.29) is 0 Å². The van der Waals surface area contributed by atoms with Gasteiger partial charge >= 0.3 is 0 Å². The first-order chi connectivity index (χ1) is 10.5. The molecule has 0 saturated carbocycles. The van der Waals surface area contributed by atoms with Crippen molar-refractivity contribution in [2.45, 2.75) is 6.54 Å². The van der Waals surface area contributed by atoms with E-state index in [9.17, 15) is 8.42 Å². The third kappa shape index (κ3) is 2.12. The van der Waals surface area contributed by atoms with Gasteiger partial charge in [-0.15, -0.1) is 0 Å². The third-order valence-corrected chi connectivity index (χ3v) is 4.81. The largest absolute Gasteiger partial charge is 0.213 e. The predicted molar refractivity (Wildman–Crippen MR) is 91.8 cm³/mol. The lowest BCUT2D eigenvalue weighted by Gasteiger charge is -2.14. The fourth-order valence-corrected chi connectivity index (χ4v) is 3.58. The maximum absolute atomic E-state index is 11.4. The van der Waals surface area contributed by atoms with E-state index in [1.54, 1.807) is 0 Å². The van der Waals surface area contributed by atoms with E-state index >= 15 is 0 Å². The molecule has 0 saturated heterocycles. The zero-order valence-electron chi connectivity index (χ0n) is 12.1. The topological polar surface area (TPSA) is 46.2 Å². The number of rotatable bonds is 3. The van der Waals surface area contributed by atoms with Crippen LogP contribution in [-0.4, -0.2) is 14.7 Å². The monoisotopic (exact) mass is 309 g/mol. The first-order valence-electron chi connectivity index (χ1n) is 7.13. The van der Waals surface area contributed by atoms with Gasteiger partial charge in [0.25, 0.3) is 0 Å². The van der Waals surface area contributed by atoms with Crippen molar-refractivity contribution in [3.05, 3.63) is 60.2 Å². The second-order valence-electron chi connectivity index (χ2n) is 5.67. The summed E-state index contributed by atoms with van der Waals surface area (Å²) in [5.41, 5.74) is 0.996. The summed E-state index contributed by atoms with van der Waals surface area (Å²) in [5.74, 6) is 0. The van der Waals surface area contributed by atoms with Gasteiger partial charge in [0, 0.05) is 6.54 Å². The molecule has 4 aromatic carbocycles. The molecule has 1 N–H and O–H groups in total. The Morgan fingerprint density at radius 1 is 0.818 bits per heavy atom. The summed E-state index contributed by atoms with van der Waals surface area (Å²) >= 11 is 0. The average molecular weight is 309 g/mol. The summed E-state index contributed by atoms with van der Waals surface area (Å²) in [6.45, 7) is 0.313. The number of nitrogens with one attached hydrogen (secondary N) is 1. The zero-order chi connectivity index (χ0) is 15.3. The van der Waals surface area contributed by atoms with Gasteiger partial charge in [0.05, 0.1) is 6.26 Å². The Morgan fingerprint density at radius 3 is 2.09 bits per heavy atom. The third-order valence-electron chi connectivity index (χ3n) is 4.14. The number of benzene rings is 4. The van der Waals surface area contributed by atoms with Crippen LogP contribution in [0.3, 0.4) is 0 Å². The van der Waals surface area contributed by atoms with Crippen molar-refractivity contribution in [3.63, 3.8) is 0 Å². The van der Waals surface area contributed by atoms with Gasteiger partial charge in [0.15, 0.2) is 0 Å². The lowest BCUT2D eigenvalue weighted by atomic mass is 9.92. The van der Waals surface area contributed by atoms with Crippen LogP contribution >= 0.6 is 0 Å². The lowest BCUT2D eigenvalue weighted by molar-refractivity contribution is 0.588. The molecule has 0 aliphatic carbocycles. The minimum atomic E-state index is -3.20. The summed E-state index contributed by atoms with van der Waals surface area (Å²) in [7, 11) is -3.20. The highest BCUT2D eigenvalue weighted by Gasteiger charge is 2.11. The van der Waals surface area contributed by atoms with Crippen LogP contribution in [0.1, 0.15) is 5.56 Å². The Morgan fingerprint density at radius 2 is 1.41 bits per heavy atom. The standard InChI is InChI=1S/C18H15NO2S/c1-22(20,21)19-11-15-8-7-14-6-5-12-3-2-4-13-9-10-16(15)18(14)17(12)13/h2-10,19H,11H2,1H3. The van der Waals surface area contributed by atoms with Crippen molar-refractivity contribution in [2.75, 3.05) is 6.26 Å². The Kier molecular flexibility index (Phi) is 2.86. The summed E-state index contributed by atoms with van der Waals surface area (Å²) in [6, 6.07) is 18.8. The van der Waals surface area contributed by atoms with Crippen molar-refractivity contribution in [2.24, 2.45) is 0 Å². The second kappa shape index (κ2) is 4.66. The van der Waals surface area contributed by atoms with Gasteiger partial charge in [-0.3, -0.25) is 0 Å². The number of sulfonamides is 1. The van der Waals surface area contributed by atoms with Gasteiger partial charge in [0.1, 0.15) is 0 Å². The quantitative estimate of drug-likeness (QED) is 0.587. The van der Waals surface area contributed by atoms with Gasteiger partial charge < -0.3 is 0 Å². The van der Waals surface area contributed by atoms with Gasteiger partial charge in [-0.1, -0.05) is 54.6 Å². The van der Waals surface area contributed by atoms with Gasteiger partial charge in [-0.05, 0) is 37.9 Å². The molecule has 4 rings (SSSR count). The van der Waals surface area contributed by atoms with Crippen LogP contribution in [0.2, 0.25) is 0 Å². The van der Waals surface area contributed by atoms with E-state index in [1.807, 2.05) is 6.07 Å². The van der Waals surface area contributed by atoms with Crippen LogP contribution in [0.4, 0.5) is 0 Å². The SMILES string of the molecule is CS(=O)(=O)NCc1ccc2ccc3cccc4ccc1c2c34. The molecule has 0 unspecified atom stereocenters. The van der Waals surface area contributed by atoms with Gasteiger partial charge in [0.2, 0.25) is 10.0 Å². The molecular weight excluding hydrogens is 294 g/mol. The van der Waals surface area contributed by atoms with Crippen LogP contribution < -0.4 is 4.72 Å². The van der Waals surface area contributed by atoms with Crippen LogP contribution in [-0.2, 0) is 16.6 Å². The first kappa shape index (κ1) is 13.5. The predicted octanol–water partition coefficient (Wildman–Crippen LogP) is 3.63. The Bertz CT molecular complexity index is 1080. The molecule has 0 aliphatic rings. The molecule has 0 spiro atoms. The molecule has 22 heavy (non-hydrogen) atoms. The maximum atomic E-state index is 11.4. The molecule has 0 radical (unpaired) electrons. The summed E-state index contributed by atoms with van der Waals surface area (Å²) in [5, 5.41) is 7.18. The maximum Gasteiger partial charge on any atom is 0.209 e. The van der Waals surface area contributed by atoms with E-state index in [2.05, 4.69) is 53.3 Å². The van der Waals surface area contributed by atoms with Crippen molar-refractivity contribution < 1.29 is 8.42 Å². The minimum absolute atomic E-state index is 0.313. The molecule has 0 aromatic heterocycles. The second-order valence-corrected chi connectivity index (χ2v) is 7.51. The van der Waals surface area contributed by atoms with Crippen LogP contribution in [0.25, 0.3) is 32.3 Å². The van der Waals surface area contributed by atoms with E-state index in [0.29, 0.717) is 6.54 Å². The van der Waals surface area contributed by atoms with Crippen LogP contribution in [0.5, 0.6) is 0 Å². The number of hydrogen-bond donors (Lipinski definition) is 1. The molecular formula is C18H15NO2S. The minimum Gasteiger partial charge on any atom is -0.213 e. The summed E-state index contributed by atoms with van der Waals surface area (Å²) in [4.78, 5) is 0. The van der Waals surface area contributed by atoms with E-state index in [0.717, 1.165) is 10.9 Å². The molecule has 3 nitrogen and oxygen atoms in total. The molecule has 4 aromatic rings. The number of hydrogen-bond acceptors (Lipinski definition) is 2. The highest BCUT2D eigenvalue weighted by atomic mass is 32.2. The van der Waals surface area contributed by atoms with Crippen molar-refractivity contribution >= 4 is 42.3 Å². The van der Waals surface area contributed by atoms with E-state index in [1.165, 1.54) is 33.2 Å². The van der Waals surface area contributed by atoms with Gasteiger partial charge in [-0.2, -0.15) is 0 Å². The summed E-state index contributed by atoms with van der Waals surface area (Å²) in [6.07, 6.45) is 1.18. The fourth-order valence-electron chi connectivity index (χ4n) is 3.16. The summed E-state index contributed by atoms with van der Waals surface area (Å²) < 4.78 is 25.3. The molecule has 0 aliphatic heterocycles. The average Bonchev–Trinajstić information content (AvgIpc) is 2.50. The first-order valence-corrected chi connectivity index (χ1v) is 9.02. The molecule has 0 heterocycles. The highest BCUT2D eigenvalue weighted by Crippen LogP contribution is 2.35. The Labute approximate surface area is 128 Å². The zero-order valence-corrected chi connectivity index (χ0v) is 12.9. The van der Waals surface area contributed by atoms with Crippen LogP contribution in [0, 0.1) is 0 Å². The fraction of sp³-hybridized carbons (Fsp3) is 0.111. The van der Waals surface area contributed by atoms with Gasteiger partial charge in [-0.25, -0.2) is 13.1 Å². The van der Waals surface area contributed by atoms with Crippen molar-refractivity contribution in [3.8, 4) is 0 Å². The highest BCUT2D eigenvalue weighted by molar-refractivity contribution is 7.88. The van der Waals surface area contributed by atoms with Crippen molar-refractivity contribution in [1.82, 2.24) is 4.72 Å². The Balaban J connectivity index is 2.04. The molecule has 0 atom stereocenters. The van der Waals surface area contributed by atoms with Crippen LogP contribution in [0.15, 0.2) is 54.6 Å². The lowest BCUT2D eigenvalue weighted by Crippen LogP contribution is -2.21. The molecule has 0 bridgehead atoms. The Hall–Kier alpha value is -2.17. The van der Waals surface area contributed by atoms with E-state index < -0.39 is 10.0 Å². The smallest absolute Gasteiger partial charge is 0.209 e. The molecule has 110 valence electrons. The normalized spacial score (nSPS) is 12.6. The molecule has 4 heteroatoms. The molecule has 0 fully saturated rings.